The van der Waals surface area contributed by atoms with Crippen molar-refractivity contribution < 1.29 is 19.1 Å². The molecule has 1 N–H and O–H groups in total. The number of nitrogens with one attached hydrogen (secondary N) is 1. The van der Waals surface area contributed by atoms with Gasteiger partial charge in [-0.15, -0.1) is 0 Å². The second-order valence-electron chi connectivity index (χ2n) is 6.11. The van der Waals surface area contributed by atoms with Gasteiger partial charge in [-0.05, 0) is 60.5 Å². The average molecular weight is 375 g/mol. The number of hydrogen-bond donors (Lipinski definition) is 1. The molecule has 1 amide bonds. The summed E-state index contributed by atoms with van der Waals surface area (Å²) in [6, 6.07) is 23.1. The summed E-state index contributed by atoms with van der Waals surface area (Å²) in [5, 5.41) is 2.80. The molecule has 0 bridgehead atoms. The Hall–Kier alpha value is -3.60. The Morgan fingerprint density at radius 1 is 0.857 bits per heavy atom. The summed E-state index contributed by atoms with van der Waals surface area (Å²) in [5.74, 6) is 0.239. The summed E-state index contributed by atoms with van der Waals surface area (Å²) in [5.41, 5.74) is 2.32. The number of esters is 1. The quantitative estimate of drug-likeness (QED) is 0.488. The molecule has 0 spiro atoms. The third kappa shape index (κ3) is 5.45. The topological polar surface area (TPSA) is 64.6 Å². The molecule has 0 aliphatic carbocycles. The lowest BCUT2D eigenvalue weighted by Crippen LogP contribution is -2.18. The van der Waals surface area contributed by atoms with Crippen molar-refractivity contribution in [2.75, 3.05) is 11.9 Å². The van der Waals surface area contributed by atoms with Crippen molar-refractivity contribution in [2.24, 2.45) is 0 Å². The molecule has 0 radical (unpaired) electrons. The molecule has 0 atom stereocenters. The van der Waals surface area contributed by atoms with E-state index in [1.807, 2.05) is 48.5 Å². The highest BCUT2D eigenvalue weighted by Crippen LogP contribution is 2.16. The molecule has 142 valence electrons. The Morgan fingerprint density at radius 2 is 1.61 bits per heavy atom. The lowest BCUT2D eigenvalue weighted by atomic mass is 10.2. The van der Waals surface area contributed by atoms with E-state index in [0.29, 0.717) is 22.7 Å². The summed E-state index contributed by atoms with van der Waals surface area (Å²) >= 11 is 0. The van der Waals surface area contributed by atoms with Crippen LogP contribution in [0.4, 0.5) is 5.69 Å². The minimum atomic E-state index is -0.511. The molecule has 0 unspecified atom stereocenters. The first-order valence-corrected chi connectivity index (χ1v) is 9.03. The maximum absolute atomic E-state index is 12.2. The Morgan fingerprint density at radius 3 is 2.32 bits per heavy atom. The average Bonchev–Trinajstić information content (AvgIpc) is 2.73. The monoisotopic (exact) mass is 375 g/mol. The molecule has 0 saturated carbocycles. The highest BCUT2D eigenvalue weighted by molar-refractivity contribution is 6.04. The number of benzene rings is 3. The van der Waals surface area contributed by atoms with Gasteiger partial charge in [-0.1, -0.05) is 37.3 Å². The fourth-order valence-corrected chi connectivity index (χ4v) is 2.56. The van der Waals surface area contributed by atoms with Gasteiger partial charge in [-0.3, -0.25) is 4.79 Å². The Bertz CT molecular complexity index is 936. The SMILES string of the molecule is CCc1cccc(OCC(=O)Oc2ccc(C(=O)Nc3ccccc3)cc2)c1. The summed E-state index contributed by atoms with van der Waals surface area (Å²) in [7, 11) is 0. The fraction of sp³-hybridized carbons (Fsp3) is 0.130. The fourth-order valence-electron chi connectivity index (χ4n) is 2.56. The van der Waals surface area contributed by atoms with E-state index in [1.54, 1.807) is 30.3 Å². The molecule has 3 aromatic rings. The second kappa shape index (κ2) is 9.37. The minimum Gasteiger partial charge on any atom is -0.482 e. The van der Waals surface area contributed by atoms with Crippen molar-refractivity contribution in [1.82, 2.24) is 0 Å². The smallest absolute Gasteiger partial charge is 0.349 e. The van der Waals surface area contributed by atoms with Crippen LogP contribution in [0.2, 0.25) is 0 Å². The first-order chi connectivity index (χ1) is 13.6. The van der Waals surface area contributed by atoms with Gasteiger partial charge in [0, 0.05) is 11.3 Å². The molecule has 3 aromatic carbocycles. The van der Waals surface area contributed by atoms with E-state index < -0.39 is 5.97 Å². The molecular formula is C23H21NO4. The first-order valence-electron chi connectivity index (χ1n) is 9.03. The van der Waals surface area contributed by atoms with Crippen LogP contribution >= 0.6 is 0 Å². The van der Waals surface area contributed by atoms with Gasteiger partial charge < -0.3 is 14.8 Å². The lowest BCUT2D eigenvalue weighted by Gasteiger charge is -2.09. The summed E-state index contributed by atoms with van der Waals surface area (Å²) in [6.45, 7) is 1.86. The van der Waals surface area contributed by atoms with Crippen LogP contribution in [0, 0.1) is 0 Å². The van der Waals surface area contributed by atoms with E-state index in [-0.39, 0.29) is 12.5 Å². The molecule has 28 heavy (non-hydrogen) atoms. The lowest BCUT2D eigenvalue weighted by molar-refractivity contribution is -0.136. The van der Waals surface area contributed by atoms with E-state index in [0.717, 1.165) is 12.0 Å². The zero-order valence-electron chi connectivity index (χ0n) is 15.6. The molecule has 0 fully saturated rings. The molecule has 5 nitrogen and oxygen atoms in total. The van der Waals surface area contributed by atoms with Crippen molar-refractivity contribution in [1.29, 1.82) is 0 Å². The van der Waals surface area contributed by atoms with Crippen LogP contribution in [0.5, 0.6) is 11.5 Å². The van der Waals surface area contributed by atoms with E-state index in [2.05, 4.69) is 12.2 Å². The normalized spacial score (nSPS) is 10.2. The third-order valence-corrected chi connectivity index (χ3v) is 4.04. The largest absolute Gasteiger partial charge is 0.482 e. The molecule has 0 heterocycles. The number of carbonyl (C=O) groups excluding carboxylic acids is 2. The number of rotatable bonds is 7. The number of amides is 1. The second-order valence-corrected chi connectivity index (χ2v) is 6.11. The Kier molecular flexibility index (Phi) is 6.41. The van der Waals surface area contributed by atoms with Gasteiger partial charge in [0.25, 0.3) is 5.91 Å². The molecule has 5 heteroatoms. The highest BCUT2D eigenvalue weighted by atomic mass is 16.6. The number of aryl methyl sites for hydroxylation is 1. The van der Waals surface area contributed by atoms with Gasteiger partial charge in [-0.2, -0.15) is 0 Å². The van der Waals surface area contributed by atoms with E-state index in [4.69, 9.17) is 9.47 Å². The zero-order valence-corrected chi connectivity index (χ0v) is 15.6. The van der Waals surface area contributed by atoms with Crippen LogP contribution in [-0.2, 0) is 11.2 Å². The van der Waals surface area contributed by atoms with E-state index >= 15 is 0 Å². The van der Waals surface area contributed by atoms with Crippen molar-refractivity contribution in [3.8, 4) is 11.5 Å². The van der Waals surface area contributed by atoms with Gasteiger partial charge in [-0.25, -0.2) is 4.79 Å². The zero-order chi connectivity index (χ0) is 19.8. The van der Waals surface area contributed by atoms with Gasteiger partial charge in [0.1, 0.15) is 11.5 Å². The van der Waals surface area contributed by atoms with Crippen molar-refractivity contribution >= 4 is 17.6 Å². The van der Waals surface area contributed by atoms with Crippen molar-refractivity contribution in [2.45, 2.75) is 13.3 Å². The van der Waals surface area contributed by atoms with Gasteiger partial charge in [0.15, 0.2) is 6.61 Å². The first kappa shape index (κ1) is 19.2. The molecule has 0 saturated heterocycles. The third-order valence-electron chi connectivity index (χ3n) is 4.04. The number of anilines is 1. The summed E-state index contributed by atoms with van der Waals surface area (Å²) in [6.07, 6.45) is 0.895. The van der Waals surface area contributed by atoms with Crippen LogP contribution < -0.4 is 14.8 Å². The maximum Gasteiger partial charge on any atom is 0.349 e. The van der Waals surface area contributed by atoms with Gasteiger partial charge in [0.2, 0.25) is 0 Å². The highest BCUT2D eigenvalue weighted by Gasteiger charge is 2.09. The molecule has 0 aromatic heterocycles. The Balaban J connectivity index is 1.51. The molecule has 0 aliphatic rings. The number of hydrogen-bond acceptors (Lipinski definition) is 4. The minimum absolute atomic E-state index is 0.191. The van der Waals surface area contributed by atoms with Crippen molar-refractivity contribution in [3.63, 3.8) is 0 Å². The number of ether oxygens (including phenoxy) is 2. The summed E-state index contributed by atoms with van der Waals surface area (Å²) < 4.78 is 10.7. The van der Waals surface area contributed by atoms with Crippen LogP contribution in [-0.4, -0.2) is 18.5 Å². The van der Waals surface area contributed by atoms with E-state index in [9.17, 15) is 9.59 Å². The van der Waals surface area contributed by atoms with Crippen LogP contribution in [0.3, 0.4) is 0 Å². The number of carbonyl (C=O) groups is 2. The Labute approximate surface area is 163 Å². The van der Waals surface area contributed by atoms with Crippen LogP contribution in [0.1, 0.15) is 22.8 Å². The predicted octanol–water partition coefficient (Wildman–Crippen LogP) is 4.49. The van der Waals surface area contributed by atoms with Gasteiger partial charge >= 0.3 is 5.97 Å². The maximum atomic E-state index is 12.2. The summed E-state index contributed by atoms with van der Waals surface area (Å²) in [4.78, 5) is 24.2. The van der Waals surface area contributed by atoms with Crippen LogP contribution in [0.15, 0.2) is 78.9 Å². The van der Waals surface area contributed by atoms with Crippen LogP contribution in [0.25, 0.3) is 0 Å². The molecule has 0 aliphatic heterocycles. The van der Waals surface area contributed by atoms with E-state index in [1.165, 1.54) is 0 Å². The molecule has 3 rings (SSSR count). The van der Waals surface area contributed by atoms with Crippen molar-refractivity contribution in [3.05, 3.63) is 90.0 Å². The number of para-hydroxylation sites is 1. The predicted molar refractivity (Wildman–Crippen MR) is 108 cm³/mol. The molecular weight excluding hydrogens is 354 g/mol. The standard InChI is InChI=1S/C23H21NO4/c1-2-17-7-6-10-21(15-17)27-16-22(25)28-20-13-11-18(12-14-20)23(26)24-19-8-4-3-5-9-19/h3-15H,2,16H2,1H3,(H,24,26). The van der Waals surface area contributed by atoms with Gasteiger partial charge in [0.05, 0.1) is 0 Å².